The third-order valence-electron chi connectivity index (χ3n) is 4.48. The Labute approximate surface area is 133 Å². The Hall–Kier alpha value is -1.17. The summed E-state index contributed by atoms with van der Waals surface area (Å²) in [5.41, 5.74) is 1.84. The van der Waals surface area contributed by atoms with Crippen molar-refractivity contribution in [1.82, 2.24) is 0 Å². The fourth-order valence-corrected chi connectivity index (χ4v) is 4.07. The molecule has 0 aromatic heterocycles. The van der Waals surface area contributed by atoms with Gasteiger partial charge in [-0.3, -0.25) is 0 Å². The molecule has 0 radical (unpaired) electrons. The van der Waals surface area contributed by atoms with E-state index in [-0.39, 0.29) is 12.2 Å². The highest BCUT2D eigenvalue weighted by Gasteiger charge is 2.44. The quantitative estimate of drug-likeness (QED) is 0.595. The van der Waals surface area contributed by atoms with Gasteiger partial charge in [-0.2, -0.15) is 0 Å². The molecule has 22 heavy (non-hydrogen) atoms. The topological polar surface area (TPSA) is 52.6 Å². The van der Waals surface area contributed by atoms with Gasteiger partial charge in [0, 0.05) is 12.5 Å². The number of rotatable bonds is 6. The van der Waals surface area contributed by atoms with Crippen LogP contribution in [0.25, 0.3) is 0 Å². The van der Waals surface area contributed by atoms with Crippen LogP contribution in [0.5, 0.6) is 0 Å². The van der Waals surface area contributed by atoms with Crippen LogP contribution < -0.4 is 0 Å². The molecule has 0 heterocycles. The van der Waals surface area contributed by atoms with Gasteiger partial charge in [-0.05, 0) is 36.8 Å². The van der Waals surface area contributed by atoms with Gasteiger partial charge in [-0.25, -0.2) is 8.42 Å². The lowest BCUT2D eigenvalue weighted by Crippen LogP contribution is -2.41. The Balaban J connectivity index is 2.12. The molecule has 2 rings (SSSR count). The number of ether oxygens (including phenoxy) is 2. The molecular weight excluding hydrogens is 300 g/mol. The fraction of sp³-hybridized carbons (Fsp3) is 0.529. The van der Waals surface area contributed by atoms with E-state index in [4.69, 9.17) is 9.47 Å². The van der Waals surface area contributed by atoms with Crippen LogP contribution in [0.15, 0.2) is 40.1 Å². The first-order valence-corrected chi connectivity index (χ1v) is 8.91. The van der Waals surface area contributed by atoms with Crippen LogP contribution >= 0.6 is 0 Å². The predicted molar refractivity (Wildman–Crippen MR) is 86.2 cm³/mol. The Bertz CT molecular complexity index is 642. The summed E-state index contributed by atoms with van der Waals surface area (Å²) in [5.74, 6) is 0.321. The van der Waals surface area contributed by atoms with E-state index in [1.807, 2.05) is 19.1 Å². The van der Waals surface area contributed by atoms with Crippen LogP contribution in [0, 0.1) is 18.3 Å². The molecule has 1 aromatic carbocycles. The molecule has 5 heteroatoms. The molecule has 122 valence electrons. The summed E-state index contributed by atoms with van der Waals surface area (Å²) in [4.78, 5) is 0.348. The van der Waals surface area contributed by atoms with Gasteiger partial charge in [-0.15, -0.1) is 0 Å². The molecule has 4 nitrogen and oxygen atoms in total. The highest BCUT2D eigenvalue weighted by molar-refractivity contribution is 7.94. The molecular formula is C17H24O4S. The van der Waals surface area contributed by atoms with Gasteiger partial charge >= 0.3 is 0 Å². The lowest BCUT2D eigenvalue weighted by molar-refractivity contribution is -0.0659. The maximum absolute atomic E-state index is 12.5. The first-order chi connectivity index (χ1) is 10.3. The zero-order valence-corrected chi connectivity index (χ0v) is 14.4. The number of benzene rings is 1. The lowest BCUT2D eigenvalue weighted by Gasteiger charge is -2.47. The Kier molecular flexibility index (Phi) is 5.10. The van der Waals surface area contributed by atoms with Crippen molar-refractivity contribution >= 4 is 9.84 Å². The van der Waals surface area contributed by atoms with Gasteiger partial charge < -0.3 is 9.47 Å². The average molecular weight is 324 g/mol. The third-order valence-corrected chi connectivity index (χ3v) is 6.01. The molecule has 1 aliphatic rings. The summed E-state index contributed by atoms with van der Waals surface area (Å²) in [6.07, 6.45) is 0.752. The molecule has 1 fully saturated rings. The van der Waals surface area contributed by atoms with Crippen molar-refractivity contribution in [3.05, 3.63) is 40.8 Å². The monoisotopic (exact) mass is 324 g/mol. The average Bonchev–Trinajstić information content (AvgIpc) is 2.46. The van der Waals surface area contributed by atoms with Crippen molar-refractivity contribution in [1.29, 1.82) is 0 Å². The second-order valence-corrected chi connectivity index (χ2v) is 8.20. The minimum atomic E-state index is -3.38. The molecule has 1 saturated carbocycles. The highest BCUT2D eigenvalue weighted by atomic mass is 32.2. The van der Waals surface area contributed by atoms with Gasteiger partial charge in [0.25, 0.3) is 0 Å². The van der Waals surface area contributed by atoms with Crippen LogP contribution in [0.4, 0.5) is 0 Å². The van der Waals surface area contributed by atoms with Crippen molar-refractivity contribution in [2.24, 2.45) is 11.3 Å². The number of aryl methyl sites for hydroxylation is 1. The fourth-order valence-electron chi connectivity index (χ4n) is 2.64. The second-order valence-electron chi connectivity index (χ2n) is 6.40. The SMILES string of the molecule is COCOCC1CC(=CS(=O)(=O)c2ccc(C)cc2)C1(C)C. The second kappa shape index (κ2) is 6.52. The van der Waals surface area contributed by atoms with E-state index in [0.717, 1.165) is 17.6 Å². The Morgan fingerprint density at radius 2 is 1.91 bits per heavy atom. The molecule has 0 spiro atoms. The molecule has 0 N–H and O–H groups in total. The molecule has 1 aliphatic carbocycles. The van der Waals surface area contributed by atoms with Gasteiger partial charge in [0.05, 0.1) is 11.5 Å². The van der Waals surface area contributed by atoms with E-state index in [1.54, 1.807) is 19.2 Å². The van der Waals surface area contributed by atoms with Crippen molar-refractivity contribution in [3.63, 3.8) is 0 Å². The minimum Gasteiger partial charge on any atom is -0.359 e. The summed E-state index contributed by atoms with van der Waals surface area (Å²) in [7, 11) is -1.80. The lowest BCUT2D eigenvalue weighted by atomic mass is 9.59. The number of hydrogen-bond donors (Lipinski definition) is 0. The summed E-state index contributed by atoms with van der Waals surface area (Å²) in [6.45, 7) is 6.92. The van der Waals surface area contributed by atoms with Crippen LogP contribution in [0.3, 0.4) is 0 Å². The molecule has 0 aliphatic heterocycles. The van der Waals surface area contributed by atoms with Crippen LogP contribution in [0.2, 0.25) is 0 Å². The van der Waals surface area contributed by atoms with E-state index in [9.17, 15) is 8.42 Å². The predicted octanol–water partition coefficient (Wildman–Crippen LogP) is 3.32. The third kappa shape index (κ3) is 3.59. The minimum absolute atomic E-state index is 0.161. The van der Waals surface area contributed by atoms with Crippen LogP contribution in [0.1, 0.15) is 25.8 Å². The van der Waals surface area contributed by atoms with Gasteiger partial charge in [0.2, 0.25) is 0 Å². The highest BCUT2D eigenvalue weighted by Crippen LogP contribution is 2.51. The number of sulfone groups is 1. The van der Waals surface area contributed by atoms with Crippen molar-refractivity contribution in [3.8, 4) is 0 Å². The Morgan fingerprint density at radius 1 is 1.27 bits per heavy atom. The molecule has 1 unspecified atom stereocenters. The summed E-state index contributed by atoms with van der Waals surface area (Å²) < 4.78 is 35.2. The van der Waals surface area contributed by atoms with E-state index in [2.05, 4.69) is 13.8 Å². The van der Waals surface area contributed by atoms with E-state index < -0.39 is 9.84 Å². The van der Waals surface area contributed by atoms with Crippen molar-refractivity contribution in [2.75, 3.05) is 20.5 Å². The number of allylic oxidation sites excluding steroid dienone is 1. The molecule has 1 atom stereocenters. The van der Waals surface area contributed by atoms with Gasteiger partial charge in [0.1, 0.15) is 6.79 Å². The Morgan fingerprint density at radius 3 is 2.45 bits per heavy atom. The van der Waals surface area contributed by atoms with Crippen LogP contribution in [-0.2, 0) is 19.3 Å². The van der Waals surface area contributed by atoms with Gasteiger partial charge in [-0.1, -0.05) is 37.1 Å². The summed E-state index contributed by atoms with van der Waals surface area (Å²) >= 11 is 0. The molecule has 0 bridgehead atoms. The molecule has 1 aromatic rings. The summed E-state index contributed by atoms with van der Waals surface area (Å²) in [5, 5.41) is 1.44. The molecule has 0 saturated heterocycles. The standard InChI is InChI=1S/C17H24O4S/c1-13-5-7-16(8-6-13)22(18,19)11-15-9-14(17(15,2)3)10-21-12-20-4/h5-8,11,14H,9-10,12H2,1-4H3. The first kappa shape index (κ1) is 17.2. The number of hydrogen-bond acceptors (Lipinski definition) is 4. The zero-order chi connectivity index (χ0) is 16.4. The normalized spacial score (nSPS) is 22.5. The van der Waals surface area contributed by atoms with Crippen LogP contribution in [-0.4, -0.2) is 28.9 Å². The smallest absolute Gasteiger partial charge is 0.199 e. The maximum Gasteiger partial charge on any atom is 0.199 e. The van der Waals surface area contributed by atoms with Crippen molar-refractivity contribution in [2.45, 2.75) is 32.1 Å². The van der Waals surface area contributed by atoms with E-state index in [0.29, 0.717) is 17.4 Å². The van der Waals surface area contributed by atoms with E-state index in [1.165, 1.54) is 5.41 Å². The van der Waals surface area contributed by atoms with Gasteiger partial charge in [0.15, 0.2) is 9.84 Å². The summed E-state index contributed by atoms with van der Waals surface area (Å²) in [6, 6.07) is 6.95. The molecule has 0 amide bonds. The first-order valence-electron chi connectivity index (χ1n) is 7.37. The zero-order valence-electron chi connectivity index (χ0n) is 13.6. The maximum atomic E-state index is 12.5. The van der Waals surface area contributed by atoms with E-state index >= 15 is 0 Å². The van der Waals surface area contributed by atoms with Crippen molar-refractivity contribution < 1.29 is 17.9 Å². The number of methoxy groups -OCH3 is 1. The largest absolute Gasteiger partial charge is 0.359 e.